The SMILES string of the molecule is CC(C)(C)OC(=O)N1C[C@H](O[Si](C)(C)C(C)(C)C)C[C@H]1[C@H]1CC(=O)N1Cc1ccccc1. The monoisotopic (exact) mass is 460 g/mol. The molecule has 2 saturated heterocycles. The molecule has 6 nitrogen and oxygen atoms in total. The van der Waals surface area contributed by atoms with Crippen LogP contribution in [0.1, 0.15) is 59.9 Å². The van der Waals surface area contributed by atoms with Gasteiger partial charge in [0, 0.05) is 19.5 Å². The van der Waals surface area contributed by atoms with Crippen molar-refractivity contribution in [1.82, 2.24) is 9.80 Å². The minimum atomic E-state index is -1.99. The maximum Gasteiger partial charge on any atom is 0.410 e. The molecule has 0 aromatic heterocycles. The van der Waals surface area contributed by atoms with E-state index in [2.05, 4.69) is 33.9 Å². The molecule has 1 aromatic carbocycles. The molecule has 0 radical (unpaired) electrons. The number of benzene rings is 1. The molecule has 2 aliphatic rings. The molecule has 3 rings (SSSR count). The Bertz CT molecular complexity index is 829. The minimum absolute atomic E-state index is 0.0109. The van der Waals surface area contributed by atoms with Crippen LogP contribution in [0.25, 0.3) is 0 Å². The Morgan fingerprint density at radius 3 is 2.22 bits per heavy atom. The zero-order chi connectivity index (χ0) is 23.9. The van der Waals surface area contributed by atoms with Crippen LogP contribution in [0.2, 0.25) is 18.1 Å². The van der Waals surface area contributed by atoms with Crippen molar-refractivity contribution in [1.29, 1.82) is 0 Å². The van der Waals surface area contributed by atoms with E-state index < -0.39 is 13.9 Å². The first-order valence-electron chi connectivity index (χ1n) is 11.7. The zero-order valence-corrected chi connectivity index (χ0v) is 22.0. The molecule has 178 valence electrons. The number of likely N-dealkylation sites (tertiary alicyclic amines) is 2. The summed E-state index contributed by atoms with van der Waals surface area (Å²) in [7, 11) is -1.99. The van der Waals surface area contributed by atoms with Crippen LogP contribution < -0.4 is 0 Å². The van der Waals surface area contributed by atoms with Crippen LogP contribution in [-0.4, -0.2) is 60.5 Å². The van der Waals surface area contributed by atoms with Crippen LogP contribution in [-0.2, 0) is 20.5 Å². The second-order valence-electron chi connectivity index (χ2n) is 11.7. The highest BCUT2D eigenvalue weighted by atomic mass is 28.4. The maximum atomic E-state index is 13.1. The van der Waals surface area contributed by atoms with Gasteiger partial charge < -0.3 is 19.0 Å². The number of β-lactam (4-membered cyclic amide) rings is 1. The summed E-state index contributed by atoms with van der Waals surface area (Å²) in [6.45, 7) is 17.9. The van der Waals surface area contributed by atoms with Gasteiger partial charge in [-0.25, -0.2) is 4.79 Å². The third-order valence-corrected chi connectivity index (χ3v) is 11.5. The van der Waals surface area contributed by atoms with Gasteiger partial charge in [-0.2, -0.15) is 0 Å². The van der Waals surface area contributed by atoms with Crippen molar-refractivity contribution < 1.29 is 18.8 Å². The van der Waals surface area contributed by atoms with Crippen LogP contribution in [0.4, 0.5) is 4.79 Å². The second kappa shape index (κ2) is 8.82. The van der Waals surface area contributed by atoms with E-state index in [9.17, 15) is 9.59 Å². The minimum Gasteiger partial charge on any atom is -0.444 e. The number of carbonyl (C=O) groups is 2. The van der Waals surface area contributed by atoms with Gasteiger partial charge in [-0.05, 0) is 50.9 Å². The summed E-state index contributed by atoms with van der Waals surface area (Å²) in [5.41, 5.74) is 0.528. The molecule has 0 bridgehead atoms. The first-order valence-corrected chi connectivity index (χ1v) is 14.6. The van der Waals surface area contributed by atoms with Gasteiger partial charge in [0.25, 0.3) is 0 Å². The summed E-state index contributed by atoms with van der Waals surface area (Å²) in [6, 6.07) is 9.91. The van der Waals surface area contributed by atoms with Crippen molar-refractivity contribution in [3.63, 3.8) is 0 Å². The molecule has 0 N–H and O–H groups in total. The smallest absolute Gasteiger partial charge is 0.410 e. The van der Waals surface area contributed by atoms with Gasteiger partial charge in [-0.3, -0.25) is 4.79 Å². The number of nitrogens with zero attached hydrogens (tertiary/aromatic N) is 2. The van der Waals surface area contributed by atoms with Gasteiger partial charge >= 0.3 is 6.09 Å². The molecule has 2 fully saturated rings. The number of carbonyl (C=O) groups excluding carboxylic acids is 2. The molecule has 0 spiro atoms. The third-order valence-electron chi connectivity index (χ3n) is 6.94. The first-order chi connectivity index (χ1) is 14.7. The summed E-state index contributed by atoms with van der Waals surface area (Å²) < 4.78 is 12.4. The van der Waals surface area contributed by atoms with Crippen LogP contribution in [0.5, 0.6) is 0 Å². The van der Waals surface area contributed by atoms with Crippen molar-refractivity contribution in [2.24, 2.45) is 0 Å². The zero-order valence-electron chi connectivity index (χ0n) is 21.0. The Hall–Kier alpha value is -1.86. The van der Waals surface area contributed by atoms with Crippen molar-refractivity contribution in [3.05, 3.63) is 35.9 Å². The highest BCUT2D eigenvalue weighted by Gasteiger charge is 2.51. The fourth-order valence-corrected chi connectivity index (χ4v) is 5.57. The van der Waals surface area contributed by atoms with E-state index in [1.807, 2.05) is 60.9 Å². The molecule has 2 amide bonds. The second-order valence-corrected chi connectivity index (χ2v) is 16.5. The third kappa shape index (κ3) is 5.54. The van der Waals surface area contributed by atoms with Gasteiger partial charge in [0.05, 0.1) is 18.2 Å². The van der Waals surface area contributed by atoms with E-state index in [1.54, 1.807) is 0 Å². The van der Waals surface area contributed by atoms with E-state index in [1.165, 1.54) is 0 Å². The Kier molecular flexibility index (Phi) is 6.83. The first kappa shape index (κ1) is 24.8. The van der Waals surface area contributed by atoms with E-state index in [0.717, 1.165) is 12.0 Å². The summed E-state index contributed by atoms with van der Waals surface area (Å²) in [5, 5.41) is 0.0909. The Labute approximate surface area is 194 Å². The van der Waals surface area contributed by atoms with Crippen LogP contribution in [0, 0.1) is 0 Å². The average Bonchev–Trinajstić information content (AvgIpc) is 3.05. The normalized spacial score (nSPS) is 24.5. The molecule has 7 heteroatoms. The van der Waals surface area contributed by atoms with Gasteiger partial charge in [0.15, 0.2) is 8.32 Å². The topological polar surface area (TPSA) is 59.1 Å². The van der Waals surface area contributed by atoms with Crippen molar-refractivity contribution in [2.45, 2.75) is 103 Å². The number of ether oxygens (including phenoxy) is 1. The molecule has 0 aliphatic carbocycles. The number of rotatable bonds is 5. The van der Waals surface area contributed by atoms with Gasteiger partial charge in [0.1, 0.15) is 5.60 Å². The lowest BCUT2D eigenvalue weighted by Crippen LogP contribution is -2.61. The molecule has 0 unspecified atom stereocenters. The Balaban J connectivity index is 1.80. The Morgan fingerprint density at radius 2 is 1.69 bits per heavy atom. The van der Waals surface area contributed by atoms with Crippen LogP contribution in [0.3, 0.4) is 0 Å². The van der Waals surface area contributed by atoms with Crippen molar-refractivity contribution in [2.75, 3.05) is 6.54 Å². The van der Waals surface area contributed by atoms with Gasteiger partial charge in [-0.1, -0.05) is 51.1 Å². The lowest BCUT2D eigenvalue weighted by atomic mass is 9.91. The molecule has 3 atom stereocenters. The number of hydrogen-bond donors (Lipinski definition) is 0. The predicted octanol–water partition coefficient (Wildman–Crippen LogP) is 5.19. The molecule has 2 aliphatic heterocycles. The standard InChI is InChI=1S/C25H40N2O4Si/c1-24(2,3)30-23(29)27-17-19(31-32(7,8)25(4,5)6)14-20(27)21-15-22(28)26(21)16-18-12-10-9-11-13-18/h9-13,19-21H,14-17H2,1-8H3/t19-,20+,21-/m1/s1. The van der Waals surface area contributed by atoms with E-state index >= 15 is 0 Å². The number of amides is 2. The summed E-state index contributed by atoms with van der Waals surface area (Å²) >= 11 is 0. The molecule has 32 heavy (non-hydrogen) atoms. The fourth-order valence-electron chi connectivity index (χ4n) is 4.21. The van der Waals surface area contributed by atoms with E-state index in [-0.39, 0.29) is 35.2 Å². The molecular formula is C25H40N2O4Si. The van der Waals surface area contributed by atoms with Gasteiger partial charge in [0.2, 0.25) is 5.91 Å². The fraction of sp³-hybridized carbons (Fsp3) is 0.680. The molecule has 2 heterocycles. The van der Waals surface area contributed by atoms with Crippen molar-refractivity contribution in [3.8, 4) is 0 Å². The Morgan fingerprint density at radius 1 is 1.06 bits per heavy atom. The van der Waals surface area contributed by atoms with E-state index in [0.29, 0.717) is 19.5 Å². The molecule has 1 aromatic rings. The molecular weight excluding hydrogens is 420 g/mol. The summed E-state index contributed by atoms with van der Waals surface area (Å²) in [5.74, 6) is 0.136. The predicted molar refractivity (Wildman–Crippen MR) is 129 cm³/mol. The highest BCUT2D eigenvalue weighted by molar-refractivity contribution is 6.74. The molecule has 0 saturated carbocycles. The lowest BCUT2D eigenvalue weighted by molar-refractivity contribution is -0.150. The van der Waals surface area contributed by atoms with Crippen LogP contribution in [0.15, 0.2) is 30.3 Å². The highest BCUT2D eigenvalue weighted by Crippen LogP contribution is 2.41. The van der Waals surface area contributed by atoms with Crippen LogP contribution >= 0.6 is 0 Å². The van der Waals surface area contributed by atoms with Gasteiger partial charge in [-0.15, -0.1) is 0 Å². The largest absolute Gasteiger partial charge is 0.444 e. The maximum absolute atomic E-state index is 13.1. The summed E-state index contributed by atoms with van der Waals surface area (Å²) in [6.07, 6.45) is 0.837. The van der Waals surface area contributed by atoms with E-state index in [4.69, 9.17) is 9.16 Å². The summed E-state index contributed by atoms with van der Waals surface area (Å²) in [4.78, 5) is 29.4. The average molecular weight is 461 g/mol. The number of hydrogen-bond acceptors (Lipinski definition) is 4. The lowest BCUT2D eigenvalue weighted by Gasteiger charge is -2.46. The van der Waals surface area contributed by atoms with Crippen molar-refractivity contribution >= 4 is 20.3 Å². The quantitative estimate of drug-likeness (QED) is 0.448.